The average molecular weight is 437 g/mol. The highest BCUT2D eigenvalue weighted by atomic mass is 35.5. The van der Waals surface area contributed by atoms with E-state index in [0.29, 0.717) is 16.1 Å². The lowest BCUT2D eigenvalue weighted by molar-refractivity contribution is -0.117. The Balaban J connectivity index is 0.00000243. The molecule has 1 aromatic carbocycles. The molecule has 1 aliphatic carbocycles. The zero-order valence-electron chi connectivity index (χ0n) is 15.0. The van der Waals surface area contributed by atoms with Crippen LogP contribution in [-0.4, -0.2) is 41.0 Å². The number of aliphatic imine (C=N–C) groups is 1. The van der Waals surface area contributed by atoms with Gasteiger partial charge in [0, 0.05) is 35.5 Å². The number of amides is 1. The first-order valence-corrected chi connectivity index (χ1v) is 10.4. The molecule has 26 heavy (non-hydrogen) atoms. The van der Waals surface area contributed by atoms with Gasteiger partial charge in [0.05, 0.1) is 6.04 Å². The summed E-state index contributed by atoms with van der Waals surface area (Å²) in [5, 5.41) is 2.08. The van der Waals surface area contributed by atoms with Crippen LogP contribution in [0.25, 0.3) is 0 Å². The fourth-order valence-electron chi connectivity index (χ4n) is 3.47. The van der Waals surface area contributed by atoms with Gasteiger partial charge < -0.3 is 4.90 Å². The Morgan fingerprint density at radius 2 is 1.81 bits per heavy atom. The molecule has 144 valence electrons. The summed E-state index contributed by atoms with van der Waals surface area (Å²) in [6.45, 7) is 1.57. The van der Waals surface area contributed by atoms with E-state index in [1.165, 1.54) is 32.1 Å². The monoisotopic (exact) mass is 435 g/mol. The second-order valence-corrected chi connectivity index (χ2v) is 8.48. The number of rotatable bonds is 3. The maximum atomic E-state index is 12.4. The molecule has 2 aliphatic rings. The normalized spacial score (nSPS) is 22.4. The zero-order chi connectivity index (χ0) is 18.0. The summed E-state index contributed by atoms with van der Waals surface area (Å²) in [7, 11) is 2.01. The lowest BCUT2D eigenvalue weighted by atomic mass is 9.96. The van der Waals surface area contributed by atoms with Gasteiger partial charge in [-0.05, 0) is 31.0 Å². The molecular formula is C18H24Cl3N3OS. The SMILES string of the molecule is CC(=O)N(c1cc(Cl)cc(Cl)c1)C1CSC(=NC2CCCCC2)N1C.Cl. The molecule has 1 heterocycles. The standard InChI is InChI=1S/C18H23Cl2N3OS.ClH/c1-12(24)23(16-9-13(19)8-14(20)10-16)17-11-25-18(22(17)2)21-15-6-4-3-5-7-15;/h8-10,15,17H,3-7,11H2,1-2H3;1H. The van der Waals surface area contributed by atoms with E-state index in [1.54, 1.807) is 41.8 Å². The van der Waals surface area contributed by atoms with Crippen LogP contribution in [-0.2, 0) is 4.79 Å². The van der Waals surface area contributed by atoms with Crippen LogP contribution in [0.4, 0.5) is 5.69 Å². The first-order valence-electron chi connectivity index (χ1n) is 8.65. The number of hydrogen-bond acceptors (Lipinski definition) is 3. The zero-order valence-corrected chi connectivity index (χ0v) is 18.1. The van der Waals surface area contributed by atoms with E-state index in [4.69, 9.17) is 28.2 Å². The molecule has 8 heteroatoms. The predicted molar refractivity (Wildman–Crippen MR) is 115 cm³/mol. The van der Waals surface area contributed by atoms with Crippen molar-refractivity contribution in [3.63, 3.8) is 0 Å². The highest BCUT2D eigenvalue weighted by Gasteiger charge is 2.35. The van der Waals surface area contributed by atoms with E-state index in [1.807, 2.05) is 7.05 Å². The summed E-state index contributed by atoms with van der Waals surface area (Å²) >= 11 is 14.0. The van der Waals surface area contributed by atoms with Gasteiger partial charge >= 0.3 is 0 Å². The molecule has 0 spiro atoms. The molecule has 1 saturated heterocycles. The van der Waals surface area contributed by atoms with Crippen LogP contribution >= 0.6 is 47.4 Å². The van der Waals surface area contributed by atoms with Crippen LogP contribution in [0.15, 0.2) is 23.2 Å². The molecule has 1 saturated carbocycles. The number of benzene rings is 1. The summed E-state index contributed by atoms with van der Waals surface area (Å²) in [6.07, 6.45) is 6.10. The van der Waals surface area contributed by atoms with Gasteiger partial charge in [-0.15, -0.1) is 12.4 Å². The van der Waals surface area contributed by atoms with Gasteiger partial charge in [0.25, 0.3) is 0 Å². The van der Waals surface area contributed by atoms with Gasteiger partial charge in [-0.3, -0.25) is 14.7 Å². The van der Waals surface area contributed by atoms with Crippen LogP contribution in [0.3, 0.4) is 0 Å². The minimum atomic E-state index is -0.0839. The van der Waals surface area contributed by atoms with Crippen molar-refractivity contribution in [3.8, 4) is 0 Å². The van der Waals surface area contributed by atoms with Crippen LogP contribution in [0.5, 0.6) is 0 Å². The number of carbonyl (C=O) groups excluding carboxylic acids is 1. The quantitative estimate of drug-likeness (QED) is 0.631. The fraction of sp³-hybridized carbons (Fsp3) is 0.556. The van der Waals surface area contributed by atoms with E-state index in [-0.39, 0.29) is 24.5 Å². The Morgan fingerprint density at radius 1 is 1.19 bits per heavy atom. The third-order valence-corrected chi connectivity index (χ3v) is 6.29. The van der Waals surface area contributed by atoms with E-state index in [9.17, 15) is 4.79 Å². The number of halogens is 3. The van der Waals surface area contributed by atoms with E-state index in [2.05, 4.69) is 4.90 Å². The second kappa shape index (κ2) is 9.54. The van der Waals surface area contributed by atoms with Crippen molar-refractivity contribution in [1.82, 2.24) is 4.90 Å². The van der Waals surface area contributed by atoms with Crippen molar-refractivity contribution in [2.24, 2.45) is 4.99 Å². The van der Waals surface area contributed by atoms with E-state index < -0.39 is 0 Å². The third kappa shape index (κ3) is 5.00. The molecule has 3 rings (SSSR count). The topological polar surface area (TPSA) is 35.9 Å². The molecule has 0 aromatic heterocycles. The van der Waals surface area contributed by atoms with Crippen molar-refractivity contribution in [2.45, 2.75) is 51.2 Å². The number of anilines is 1. The van der Waals surface area contributed by atoms with Crippen molar-refractivity contribution < 1.29 is 4.79 Å². The highest BCUT2D eigenvalue weighted by Crippen LogP contribution is 2.33. The number of carbonyl (C=O) groups is 1. The van der Waals surface area contributed by atoms with Gasteiger partial charge in [0.1, 0.15) is 6.17 Å². The largest absolute Gasteiger partial charge is 0.333 e. The molecule has 1 aliphatic heterocycles. The van der Waals surface area contributed by atoms with Crippen molar-refractivity contribution in [3.05, 3.63) is 28.2 Å². The second-order valence-electron chi connectivity index (χ2n) is 6.62. The van der Waals surface area contributed by atoms with E-state index >= 15 is 0 Å². The number of hydrogen-bond donors (Lipinski definition) is 0. The highest BCUT2D eigenvalue weighted by molar-refractivity contribution is 8.14. The molecule has 0 bridgehead atoms. The maximum Gasteiger partial charge on any atom is 0.225 e. The van der Waals surface area contributed by atoms with Crippen LogP contribution in [0.1, 0.15) is 39.0 Å². The Labute approximate surface area is 175 Å². The smallest absolute Gasteiger partial charge is 0.225 e. The summed E-state index contributed by atoms with van der Waals surface area (Å²) in [5.74, 6) is 0.751. The van der Waals surface area contributed by atoms with Gasteiger partial charge in [0.2, 0.25) is 5.91 Å². The Morgan fingerprint density at radius 3 is 2.38 bits per heavy atom. The molecule has 0 radical (unpaired) electrons. The first-order chi connectivity index (χ1) is 12.0. The van der Waals surface area contributed by atoms with Crippen LogP contribution in [0.2, 0.25) is 10.0 Å². The minimum Gasteiger partial charge on any atom is -0.333 e. The maximum absolute atomic E-state index is 12.4. The summed E-state index contributed by atoms with van der Waals surface area (Å²) in [6, 6.07) is 5.66. The van der Waals surface area contributed by atoms with Gasteiger partial charge in [-0.2, -0.15) is 0 Å². The van der Waals surface area contributed by atoms with Crippen molar-refractivity contribution in [2.75, 3.05) is 17.7 Å². The lowest BCUT2D eigenvalue weighted by Gasteiger charge is -2.33. The minimum absolute atomic E-state index is 0. The fourth-order valence-corrected chi connectivity index (χ4v) is 5.21. The van der Waals surface area contributed by atoms with Crippen molar-refractivity contribution >= 4 is 64.1 Å². The molecular weight excluding hydrogens is 413 g/mol. The molecule has 1 unspecified atom stereocenters. The molecule has 4 nitrogen and oxygen atoms in total. The van der Waals surface area contributed by atoms with Crippen LogP contribution < -0.4 is 4.90 Å². The average Bonchev–Trinajstić information content (AvgIpc) is 2.89. The van der Waals surface area contributed by atoms with Gasteiger partial charge in [-0.25, -0.2) is 0 Å². The first kappa shape index (κ1) is 21.7. The van der Waals surface area contributed by atoms with Gasteiger partial charge in [-0.1, -0.05) is 54.2 Å². The molecule has 1 atom stereocenters. The van der Waals surface area contributed by atoms with Crippen molar-refractivity contribution in [1.29, 1.82) is 0 Å². The molecule has 1 amide bonds. The lowest BCUT2D eigenvalue weighted by Crippen LogP contribution is -2.48. The Kier molecular flexibility index (Phi) is 7.95. The molecule has 0 N–H and O–H groups in total. The Hall–Kier alpha value is -0.620. The van der Waals surface area contributed by atoms with Gasteiger partial charge in [0.15, 0.2) is 5.17 Å². The number of amidine groups is 1. The van der Waals surface area contributed by atoms with E-state index in [0.717, 1.165) is 16.6 Å². The summed E-state index contributed by atoms with van der Waals surface area (Å²) in [4.78, 5) is 21.2. The number of thioether (sulfide) groups is 1. The molecule has 2 fully saturated rings. The summed E-state index contributed by atoms with van der Waals surface area (Å²) < 4.78 is 0. The molecule has 1 aromatic rings. The van der Waals surface area contributed by atoms with Crippen LogP contribution in [0, 0.1) is 0 Å². The predicted octanol–water partition coefficient (Wildman–Crippen LogP) is 5.46. The third-order valence-electron chi connectivity index (χ3n) is 4.74. The number of nitrogens with zero attached hydrogens (tertiary/aromatic N) is 3. The summed E-state index contributed by atoms with van der Waals surface area (Å²) in [5.41, 5.74) is 0.723. The Bertz CT molecular complexity index is 659.